The summed E-state index contributed by atoms with van der Waals surface area (Å²) in [7, 11) is 1.77. The molecule has 0 aromatic rings. The van der Waals surface area contributed by atoms with Gasteiger partial charge in [0.2, 0.25) is 23.6 Å². The molecule has 9 heteroatoms. The van der Waals surface area contributed by atoms with Gasteiger partial charge in [-0.1, -0.05) is 13.8 Å². The Morgan fingerprint density at radius 2 is 1.38 bits per heavy atom. The van der Waals surface area contributed by atoms with Gasteiger partial charge in [-0.15, -0.1) is 0 Å². The third-order valence-electron chi connectivity index (χ3n) is 3.33. The molecule has 0 aromatic carbocycles. The second kappa shape index (κ2) is 12.3. The van der Waals surface area contributed by atoms with Gasteiger partial charge in [0.25, 0.3) is 0 Å². The first-order valence-electron chi connectivity index (χ1n) is 8.10. The average Bonchev–Trinajstić information content (AvgIpc) is 2.55. The van der Waals surface area contributed by atoms with E-state index in [1.807, 2.05) is 0 Å². The van der Waals surface area contributed by atoms with Crippen molar-refractivity contribution in [3.63, 3.8) is 0 Å². The number of nitrogens with two attached hydrogens (primary N) is 1. The number of hydrogen-bond acceptors (Lipinski definition) is 5. The molecule has 4 N–H and O–H groups in total. The van der Waals surface area contributed by atoms with Crippen LogP contribution in [0.15, 0.2) is 0 Å². The van der Waals surface area contributed by atoms with Crippen LogP contribution < -0.4 is 16.4 Å². The molecule has 0 spiro atoms. The van der Waals surface area contributed by atoms with Crippen LogP contribution in [0.25, 0.3) is 0 Å². The van der Waals surface area contributed by atoms with E-state index in [0.29, 0.717) is 19.5 Å². The number of carbonyl (C=O) groups is 4. The monoisotopic (exact) mass is 343 g/mol. The Morgan fingerprint density at radius 3 is 1.83 bits per heavy atom. The van der Waals surface area contributed by atoms with Crippen molar-refractivity contribution in [1.82, 2.24) is 20.4 Å². The van der Waals surface area contributed by atoms with E-state index in [1.165, 1.54) is 9.80 Å². The smallest absolute Gasteiger partial charge is 0.239 e. The number of hydrogen-bond donors (Lipinski definition) is 3. The lowest BCUT2D eigenvalue weighted by Gasteiger charge is -2.23. The predicted molar refractivity (Wildman–Crippen MR) is 89.9 cm³/mol. The molecule has 9 nitrogen and oxygen atoms in total. The van der Waals surface area contributed by atoms with E-state index in [0.717, 1.165) is 0 Å². The van der Waals surface area contributed by atoms with Gasteiger partial charge < -0.3 is 26.2 Å². The number of likely N-dealkylation sites (N-methyl/N-ethyl adjacent to an activating group) is 1. The van der Waals surface area contributed by atoms with Gasteiger partial charge in [-0.3, -0.25) is 19.2 Å². The molecule has 4 amide bonds. The van der Waals surface area contributed by atoms with Crippen molar-refractivity contribution in [2.24, 2.45) is 5.73 Å². The van der Waals surface area contributed by atoms with Gasteiger partial charge in [-0.2, -0.15) is 0 Å². The molecule has 0 saturated carbocycles. The van der Waals surface area contributed by atoms with Crippen molar-refractivity contribution in [3.8, 4) is 0 Å². The van der Waals surface area contributed by atoms with Gasteiger partial charge in [-0.25, -0.2) is 0 Å². The SMILES string of the molecule is CCC(=O)N(CCNC(=O)CN(CCNC)C(=O)CC)CC(N)=O. The molecule has 0 aliphatic carbocycles. The number of nitrogens with one attached hydrogen (secondary N) is 2. The minimum Gasteiger partial charge on any atom is -0.368 e. The molecule has 138 valence electrons. The summed E-state index contributed by atoms with van der Waals surface area (Å²) in [6, 6.07) is 0. The molecular formula is C15H29N5O4. The fourth-order valence-electron chi connectivity index (χ4n) is 2.03. The lowest BCUT2D eigenvalue weighted by Crippen LogP contribution is -2.46. The molecule has 0 aromatic heterocycles. The van der Waals surface area contributed by atoms with E-state index in [1.54, 1.807) is 20.9 Å². The van der Waals surface area contributed by atoms with Gasteiger partial charge in [0.1, 0.15) is 0 Å². The molecule has 0 heterocycles. The van der Waals surface area contributed by atoms with E-state index in [4.69, 9.17) is 5.73 Å². The Labute approximate surface area is 142 Å². The van der Waals surface area contributed by atoms with Gasteiger partial charge >= 0.3 is 0 Å². The Kier molecular flexibility index (Phi) is 11.2. The molecule has 0 atom stereocenters. The second-order valence-corrected chi connectivity index (χ2v) is 5.26. The summed E-state index contributed by atoms with van der Waals surface area (Å²) in [5.41, 5.74) is 5.11. The third kappa shape index (κ3) is 9.09. The number of primary amides is 1. The fraction of sp³-hybridized carbons (Fsp3) is 0.733. The maximum atomic E-state index is 12.0. The number of carbonyl (C=O) groups excluding carboxylic acids is 4. The topological polar surface area (TPSA) is 125 Å². The molecule has 0 unspecified atom stereocenters. The highest BCUT2D eigenvalue weighted by Crippen LogP contribution is 1.95. The van der Waals surface area contributed by atoms with Gasteiger partial charge in [0.05, 0.1) is 13.1 Å². The van der Waals surface area contributed by atoms with Crippen LogP contribution in [0, 0.1) is 0 Å². The van der Waals surface area contributed by atoms with E-state index in [-0.39, 0.29) is 50.3 Å². The molecule has 24 heavy (non-hydrogen) atoms. The predicted octanol–water partition coefficient (Wildman–Crippen LogP) is -1.72. The standard InChI is InChI=1S/C15H29N5O4/c1-4-14(23)19(10-12(16)21)9-7-18-13(22)11-20(8-6-17-3)15(24)5-2/h17H,4-11H2,1-3H3,(H2,16,21)(H,18,22). The minimum atomic E-state index is -0.602. The maximum Gasteiger partial charge on any atom is 0.239 e. The normalized spacial score (nSPS) is 10.1. The molecule has 0 fully saturated rings. The third-order valence-corrected chi connectivity index (χ3v) is 3.33. The highest BCUT2D eigenvalue weighted by Gasteiger charge is 2.16. The Morgan fingerprint density at radius 1 is 0.875 bits per heavy atom. The molecule has 0 aliphatic rings. The van der Waals surface area contributed by atoms with Crippen LogP contribution in [0.3, 0.4) is 0 Å². The molecule has 0 aliphatic heterocycles. The van der Waals surface area contributed by atoms with E-state index in [2.05, 4.69) is 10.6 Å². The largest absolute Gasteiger partial charge is 0.368 e. The van der Waals surface area contributed by atoms with Gasteiger partial charge in [0, 0.05) is 39.0 Å². The van der Waals surface area contributed by atoms with Crippen LogP contribution in [0.2, 0.25) is 0 Å². The summed E-state index contributed by atoms with van der Waals surface area (Å²) < 4.78 is 0. The fourth-order valence-corrected chi connectivity index (χ4v) is 2.03. The highest BCUT2D eigenvalue weighted by atomic mass is 16.2. The van der Waals surface area contributed by atoms with E-state index >= 15 is 0 Å². The van der Waals surface area contributed by atoms with Crippen molar-refractivity contribution in [2.45, 2.75) is 26.7 Å². The first kappa shape index (κ1) is 21.8. The van der Waals surface area contributed by atoms with Crippen molar-refractivity contribution in [3.05, 3.63) is 0 Å². The van der Waals surface area contributed by atoms with Gasteiger partial charge in [0.15, 0.2) is 0 Å². The maximum absolute atomic E-state index is 12.0. The van der Waals surface area contributed by atoms with Crippen LogP contribution >= 0.6 is 0 Å². The quantitative estimate of drug-likeness (QED) is 0.389. The Balaban J connectivity index is 4.40. The second-order valence-electron chi connectivity index (χ2n) is 5.26. The van der Waals surface area contributed by atoms with Crippen molar-refractivity contribution < 1.29 is 19.2 Å². The summed E-state index contributed by atoms with van der Waals surface area (Å²) in [5, 5.41) is 5.58. The summed E-state index contributed by atoms with van der Waals surface area (Å²) >= 11 is 0. The lowest BCUT2D eigenvalue weighted by molar-refractivity contribution is -0.136. The van der Waals surface area contributed by atoms with Gasteiger partial charge in [-0.05, 0) is 7.05 Å². The average molecular weight is 343 g/mol. The lowest BCUT2D eigenvalue weighted by atomic mass is 10.3. The zero-order chi connectivity index (χ0) is 18.5. The Hall–Kier alpha value is -2.16. The van der Waals surface area contributed by atoms with Crippen LogP contribution in [0.1, 0.15) is 26.7 Å². The number of rotatable bonds is 12. The molecular weight excluding hydrogens is 314 g/mol. The van der Waals surface area contributed by atoms with Crippen molar-refractivity contribution in [2.75, 3.05) is 46.3 Å². The van der Waals surface area contributed by atoms with E-state index in [9.17, 15) is 19.2 Å². The molecule has 0 rings (SSSR count). The van der Waals surface area contributed by atoms with Crippen molar-refractivity contribution >= 4 is 23.6 Å². The summed E-state index contributed by atoms with van der Waals surface area (Å²) in [4.78, 5) is 49.2. The molecule has 0 radical (unpaired) electrons. The van der Waals surface area contributed by atoms with Crippen LogP contribution in [0.5, 0.6) is 0 Å². The number of nitrogens with zero attached hydrogens (tertiary/aromatic N) is 2. The van der Waals surface area contributed by atoms with Crippen molar-refractivity contribution in [1.29, 1.82) is 0 Å². The molecule has 0 saturated heterocycles. The Bertz CT molecular complexity index is 442. The minimum absolute atomic E-state index is 0.0358. The number of amides is 4. The molecule has 0 bridgehead atoms. The summed E-state index contributed by atoms with van der Waals surface area (Å²) in [6.45, 7) is 4.64. The zero-order valence-electron chi connectivity index (χ0n) is 14.8. The first-order valence-corrected chi connectivity index (χ1v) is 8.10. The van der Waals surface area contributed by atoms with Crippen LogP contribution in [0.4, 0.5) is 0 Å². The summed E-state index contributed by atoms with van der Waals surface area (Å²) in [6.07, 6.45) is 0.582. The van der Waals surface area contributed by atoms with E-state index < -0.39 is 5.91 Å². The van der Waals surface area contributed by atoms with Crippen LogP contribution in [-0.2, 0) is 19.2 Å². The summed E-state index contributed by atoms with van der Waals surface area (Å²) in [5.74, 6) is -1.22. The highest BCUT2D eigenvalue weighted by molar-refractivity contribution is 5.85. The zero-order valence-corrected chi connectivity index (χ0v) is 14.8. The first-order chi connectivity index (χ1) is 11.3. The van der Waals surface area contributed by atoms with Crippen LogP contribution in [-0.4, -0.2) is 79.7 Å².